The van der Waals surface area contributed by atoms with Gasteiger partial charge in [-0.25, -0.2) is 0 Å². The Morgan fingerprint density at radius 1 is 0.842 bits per heavy atom. The minimum atomic E-state index is 0.448. The second-order valence-corrected chi connectivity index (χ2v) is 5.69. The van der Waals surface area contributed by atoms with Crippen LogP contribution in [0.15, 0.2) is 30.3 Å². The van der Waals surface area contributed by atoms with Gasteiger partial charge in [0.15, 0.2) is 0 Å². The Bertz CT molecular complexity index is 294. The maximum absolute atomic E-state index is 6.08. The van der Waals surface area contributed by atoms with E-state index in [0.29, 0.717) is 6.04 Å². The molecule has 1 nitrogen and oxygen atoms in total. The summed E-state index contributed by atoms with van der Waals surface area (Å²) in [5.41, 5.74) is 7.55. The van der Waals surface area contributed by atoms with Gasteiger partial charge in [-0.3, -0.25) is 0 Å². The van der Waals surface area contributed by atoms with Crippen LogP contribution in [0.1, 0.15) is 70.3 Å². The average molecular weight is 261 g/mol. The monoisotopic (exact) mass is 261 g/mol. The van der Waals surface area contributed by atoms with E-state index in [1.54, 1.807) is 0 Å². The van der Waals surface area contributed by atoms with Crippen molar-refractivity contribution in [3.63, 3.8) is 0 Å². The van der Waals surface area contributed by atoms with Gasteiger partial charge in [0.2, 0.25) is 0 Å². The number of hydrogen-bond donors (Lipinski definition) is 1. The first-order chi connectivity index (χ1) is 9.33. The van der Waals surface area contributed by atoms with Gasteiger partial charge in [-0.1, -0.05) is 75.8 Å². The summed E-state index contributed by atoms with van der Waals surface area (Å²) in [4.78, 5) is 0. The Hall–Kier alpha value is -0.820. The second-order valence-electron chi connectivity index (χ2n) is 5.69. The molecule has 1 unspecified atom stereocenters. The summed E-state index contributed by atoms with van der Waals surface area (Å²) in [5, 5.41) is 0. The normalized spacial score (nSPS) is 12.5. The summed E-state index contributed by atoms with van der Waals surface area (Å²) in [6, 6.07) is 11.3. The molecule has 0 spiro atoms. The van der Waals surface area contributed by atoms with E-state index >= 15 is 0 Å². The Morgan fingerprint density at radius 2 is 1.47 bits per heavy atom. The van der Waals surface area contributed by atoms with Gasteiger partial charge in [0.1, 0.15) is 0 Å². The molecule has 0 bridgehead atoms. The fourth-order valence-corrected chi connectivity index (χ4v) is 2.52. The predicted molar refractivity (Wildman–Crippen MR) is 85.3 cm³/mol. The van der Waals surface area contributed by atoms with Crippen LogP contribution in [0.5, 0.6) is 0 Å². The molecule has 1 atom stereocenters. The van der Waals surface area contributed by atoms with Crippen LogP contribution in [-0.2, 0) is 6.42 Å². The molecular weight excluding hydrogens is 230 g/mol. The number of hydrogen-bond acceptors (Lipinski definition) is 1. The van der Waals surface area contributed by atoms with Gasteiger partial charge in [-0.05, 0) is 31.2 Å². The summed E-state index contributed by atoms with van der Waals surface area (Å²) in [7, 11) is 0. The lowest BCUT2D eigenvalue weighted by molar-refractivity contribution is 0.499. The van der Waals surface area contributed by atoms with E-state index in [0.717, 1.165) is 0 Å². The molecule has 0 amide bonds. The maximum Gasteiger partial charge on any atom is 0.00388 e. The van der Waals surface area contributed by atoms with E-state index < -0.39 is 0 Å². The topological polar surface area (TPSA) is 26.0 Å². The number of nitrogens with two attached hydrogens (primary N) is 1. The van der Waals surface area contributed by atoms with E-state index in [4.69, 9.17) is 5.73 Å². The molecule has 1 aromatic carbocycles. The standard InChI is InChI=1S/C18H31N/c1-2-3-15-18(19)16-11-6-4-5-8-12-17-13-9-7-10-14-17/h7,9-10,13-14,18H,2-6,8,11-12,15-16,19H2,1H3. The van der Waals surface area contributed by atoms with Gasteiger partial charge in [-0.2, -0.15) is 0 Å². The van der Waals surface area contributed by atoms with Crippen LogP contribution in [0, 0.1) is 0 Å². The van der Waals surface area contributed by atoms with E-state index in [1.165, 1.54) is 69.8 Å². The van der Waals surface area contributed by atoms with E-state index in [2.05, 4.69) is 37.3 Å². The third-order valence-electron chi connectivity index (χ3n) is 3.81. The summed E-state index contributed by atoms with van der Waals surface area (Å²) >= 11 is 0. The number of unbranched alkanes of at least 4 members (excludes halogenated alkanes) is 5. The van der Waals surface area contributed by atoms with Crippen molar-refractivity contribution in [2.75, 3.05) is 0 Å². The van der Waals surface area contributed by atoms with E-state index in [9.17, 15) is 0 Å². The minimum absolute atomic E-state index is 0.448. The van der Waals surface area contributed by atoms with Gasteiger partial charge in [0.05, 0.1) is 0 Å². The molecule has 19 heavy (non-hydrogen) atoms. The number of aryl methyl sites for hydroxylation is 1. The smallest absolute Gasteiger partial charge is 0.00388 e. The molecular formula is C18H31N. The van der Waals surface area contributed by atoms with E-state index in [-0.39, 0.29) is 0 Å². The lowest BCUT2D eigenvalue weighted by atomic mass is 10.0. The van der Waals surface area contributed by atoms with Crippen molar-refractivity contribution in [1.29, 1.82) is 0 Å². The zero-order valence-corrected chi connectivity index (χ0v) is 12.6. The first-order valence-corrected chi connectivity index (χ1v) is 8.12. The Morgan fingerprint density at radius 3 is 2.21 bits per heavy atom. The van der Waals surface area contributed by atoms with Gasteiger partial charge >= 0.3 is 0 Å². The van der Waals surface area contributed by atoms with Crippen LogP contribution in [0.25, 0.3) is 0 Å². The van der Waals surface area contributed by atoms with E-state index in [1.807, 2.05) is 0 Å². The van der Waals surface area contributed by atoms with Crippen LogP contribution in [0.2, 0.25) is 0 Å². The highest BCUT2D eigenvalue weighted by Gasteiger charge is 2.01. The summed E-state index contributed by atoms with van der Waals surface area (Å²) in [6.07, 6.45) is 13.0. The molecule has 0 aliphatic rings. The lowest BCUT2D eigenvalue weighted by Crippen LogP contribution is -2.19. The predicted octanol–water partition coefficient (Wildman–Crippen LogP) is 5.09. The van der Waals surface area contributed by atoms with Crippen molar-refractivity contribution >= 4 is 0 Å². The zero-order chi connectivity index (χ0) is 13.8. The van der Waals surface area contributed by atoms with Gasteiger partial charge in [0.25, 0.3) is 0 Å². The van der Waals surface area contributed by atoms with Crippen molar-refractivity contribution in [1.82, 2.24) is 0 Å². The van der Waals surface area contributed by atoms with Crippen molar-refractivity contribution in [2.24, 2.45) is 5.73 Å². The summed E-state index contributed by atoms with van der Waals surface area (Å²) in [5.74, 6) is 0. The summed E-state index contributed by atoms with van der Waals surface area (Å²) < 4.78 is 0. The fourth-order valence-electron chi connectivity index (χ4n) is 2.52. The largest absolute Gasteiger partial charge is 0.328 e. The first-order valence-electron chi connectivity index (χ1n) is 8.12. The minimum Gasteiger partial charge on any atom is -0.328 e. The Labute approximate surface area is 119 Å². The third kappa shape index (κ3) is 8.83. The van der Waals surface area contributed by atoms with Gasteiger partial charge in [0, 0.05) is 6.04 Å². The Balaban J connectivity index is 1.89. The van der Waals surface area contributed by atoms with Crippen molar-refractivity contribution in [3.05, 3.63) is 35.9 Å². The first kappa shape index (κ1) is 16.2. The number of benzene rings is 1. The van der Waals surface area contributed by atoms with Crippen molar-refractivity contribution < 1.29 is 0 Å². The van der Waals surface area contributed by atoms with Gasteiger partial charge < -0.3 is 5.73 Å². The highest BCUT2D eigenvalue weighted by molar-refractivity contribution is 5.14. The molecule has 108 valence electrons. The molecule has 0 aliphatic carbocycles. The van der Waals surface area contributed by atoms with Crippen LogP contribution >= 0.6 is 0 Å². The molecule has 2 N–H and O–H groups in total. The highest BCUT2D eigenvalue weighted by Crippen LogP contribution is 2.12. The quantitative estimate of drug-likeness (QED) is 0.552. The van der Waals surface area contributed by atoms with Crippen LogP contribution in [0.4, 0.5) is 0 Å². The lowest BCUT2D eigenvalue weighted by Gasteiger charge is -2.10. The molecule has 1 rings (SSSR count). The van der Waals surface area contributed by atoms with Gasteiger partial charge in [-0.15, -0.1) is 0 Å². The Kier molecular flexibility index (Phi) is 9.44. The molecule has 0 radical (unpaired) electrons. The molecule has 0 heterocycles. The second kappa shape index (κ2) is 11.0. The molecule has 0 fully saturated rings. The third-order valence-corrected chi connectivity index (χ3v) is 3.81. The molecule has 0 aliphatic heterocycles. The van der Waals surface area contributed by atoms with Crippen molar-refractivity contribution in [2.45, 2.75) is 77.2 Å². The van der Waals surface area contributed by atoms with Crippen LogP contribution in [-0.4, -0.2) is 6.04 Å². The van der Waals surface area contributed by atoms with Crippen LogP contribution < -0.4 is 5.73 Å². The SMILES string of the molecule is CCCCC(N)CCCCCCCc1ccccc1. The van der Waals surface area contributed by atoms with Crippen molar-refractivity contribution in [3.8, 4) is 0 Å². The highest BCUT2D eigenvalue weighted by atomic mass is 14.6. The molecule has 0 saturated carbocycles. The number of rotatable bonds is 11. The van der Waals surface area contributed by atoms with Crippen LogP contribution in [0.3, 0.4) is 0 Å². The molecule has 1 heteroatoms. The summed E-state index contributed by atoms with van der Waals surface area (Å²) in [6.45, 7) is 2.24. The average Bonchev–Trinajstić information content (AvgIpc) is 2.45. The molecule has 1 aromatic rings. The zero-order valence-electron chi connectivity index (χ0n) is 12.6. The molecule has 0 saturated heterocycles. The maximum atomic E-state index is 6.08. The molecule has 0 aromatic heterocycles. The fraction of sp³-hybridized carbons (Fsp3) is 0.667.